The number of anilines is 1. The highest BCUT2D eigenvalue weighted by molar-refractivity contribution is 5.91. The van der Waals surface area contributed by atoms with E-state index in [1.807, 2.05) is 44.2 Å². The lowest BCUT2D eigenvalue weighted by molar-refractivity contribution is -0.123. The molecular weight excluding hydrogens is 380 g/mol. The lowest BCUT2D eigenvalue weighted by Crippen LogP contribution is -2.51. The average molecular weight is 411 g/mol. The van der Waals surface area contributed by atoms with E-state index in [1.54, 1.807) is 10.8 Å². The summed E-state index contributed by atoms with van der Waals surface area (Å²) in [4.78, 5) is 28.6. The molecule has 0 unspecified atom stereocenters. The fourth-order valence-electron chi connectivity index (χ4n) is 3.41. The van der Waals surface area contributed by atoms with Gasteiger partial charge in [-0.2, -0.15) is 5.10 Å². The third-order valence-corrected chi connectivity index (χ3v) is 5.02. The minimum absolute atomic E-state index is 0.000769. The van der Waals surface area contributed by atoms with Crippen LogP contribution in [0.5, 0.6) is 0 Å². The number of hydrogen-bond donors (Lipinski definition) is 2. The molecule has 3 rings (SSSR count). The summed E-state index contributed by atoms with van der Waals surface area (Å²) in [6.45, 7) is 11.7. The van der Waals surface area contributed by atoms with E-state index in [4.69, 9.17) is 0 Å². The zero-order valence-electron chi connectivity index (χ0n) is 17.7. The number of carbonyl (C=O) groups excluding carboxylic acids is 2. The summed E-state index contributed by atoms with van der Waals surface area (Å²) in [5.41, 5.74) is 2.92. The maximum Gasteiger partial charge on any atom is 0.239 e. The van der Waals surface area contributed by atoms with E-state index in [9.17, 15) is 9.59 Å². The van der Waals surface area contributed by atoms with Crippen LogP contribution >= 0.6 is 0 Å². The predicted molar refractivity (Wildman–Crippen MR) is 118 cm³/mol. The van der Waals surface area contributed by atoms with Crippen molar-refractivity contribution >= 4 is 17.6 Å². The first-order valence-electron chi connectivity index (χ1n) is 10.2. The second-order valence-electron chi connectivity index (χ2n) is 7.61. The van der Waals surface area contributed by atoms with E-state index < -0.39 is 0 Å². The zero-order valence-corrected chi connectivity index (χ0v) is 17.7. The third-order valence-electron chi connectivity index (χ3n) is 5.02. The van der Waals surface area contributed by atoms with Crippen LogP contribution in [0.1, 0.15) is 11.3 Å². The highest BCUT2D eigenvalue weighted by Gasteiger charge is 2.21. The van der Waals surface area contributed by atoms with Crippen molar-refractivity contribution in [2.45, 2.75) is 13.8 Å². The van der Waals surface area contributed by atoms with Crippen LogP contribution in [0, 0.1) is 13.8 Å². The number of amides is 2. The van der Waals surface area contributed by atoms with E-state index >= 15 is 0 Å². The largest absolute Gasteiger partial charge is 0.352 e. The molecule has 1 saturated heterocycles. The van der Waals surface area contributed by atoms with Gasteiger partial charge in [-0.15, -0.1) is 6.58 Å². The molecule has 30 heavy (non-hydrogen) atoms. The monoisotopic (exact) mass is 410 g/mol. The molecule has 0 atom stereocenters. The first kappa shape index (κ1) is 21.7. The Hall–Kier alpha value is -2.97. The van der Waals surface area contributed by atoms with Crippen molar-refractivity contribution in [3.8, 4) is 5.69 Å². The van der Waals surface area contributed by atoms with Crippen molar-refractivity contribution in [3.63, 3.8) is 0 Å². The summed E-state index contributed by atoms with van der Waals surface area (Å²) >= 11 is 0. The molecule has 1 aromatic carbocycles. The summed E-state index contributed by atoms with van der Waals surface area (Å²) in [6.07, 6.45) is 1.67. The van der Waals surface area contributed by atoms with Crippen LogP contribution in [0.25, 0.3) is 5.69 Å². The van der Waals surface area contributed by atoms with Crippen molar-refractivity contribution in [2.24, 2.45) is 0 Å². The lowest BCUT2D eigenvalue weighted by Gasteiger charge is -2.33. The Bertz CT molecular complexity index is 882. The van der Waals surface area contributed by atoms with E-state index in [1.165, 1.54) is 5.56 Å². The molecule has 0 spiro atoms. The van der Waals surface area contributed by atoms with Gasteiger partial charge in [-0.25, -0.2) is 4.68 Å². The summed E-state index contributed by atoms with van der Waals surface area (Å²) in [6, 6.07) is 9.89. The molecule has 0 radical (unpaired) electrons. The summed E-state index contributed by atoms with van der Waals surface area (Å²) in [7, 11) is 0. The molecule has 2 heterocycles. The highest BCUT2D eigenvalue weighted by Crippen LogP contribution is 2.17. The van der Waals surface area contributed by atoms with Crippen LogP contribution in [0.4, 0.5) is 5.82 Å². The Labute approximate surface area is 177 Å². The molecule has 0 saturated carbocycles. The summed E-state index contributed by atoms with van der Waals surface area (Å²) in [5, 5.41) is 10.3. The Morgan fingerprint density at radius 1 is 1.03 bits per heavy atom. The van der Waals surface area contributed by atoms with Gasteiger partial charge in [-0.3, -0.25) is 19.4 Å². The number of nitrogens with zero attached hydrogens (tertiary/aromatic N) is 4. The second-order valence-corrected chi connectivity index (χ2v) is 7.61. The standard InChI is InChI=1S/C22H30N6O2/c1-4-9-23-21(29)15-26-10-12-27(13-11-26)16-22(30)24-20-14-18(3)25-28(20)19-7-5-17(2)6-8-19/h4-8,14H,1,9-13,15-16H2,2-3H3,(H,23,29)(H,24,30). The molecule has 1 aromatic heterocycles. The van der Waals surface area contributed by atoms with Crippen molar-refractivity contribution in [2.75, 3.05) is 51.1 Å². The highest BCUT2D eigenvalue weighted by atomic mass is 16.2. The summed E-state index contributed by atoms with van der Waals surface area (Å²) in [5.74, 6) is 0.597. The molecule has 1 aliphatic rings. The number of hydrogen-bond acceptors (Lipinski definition) is 5. The molecule has 1 fully saturated rings. The van der Waals surface area contributed by atoms with E-state index in [2.05, 4.69) is 32.1 Å². The molecule has 0 bridgehead atoms. The first-order chi connectivity index (χ1) is 14.4. The predicted octanol–water partition coefficient (Wildman–Crippen LogP) is 1.35. The van der Waals surface area contributed by atoms with Crippen LogP contribution in [0.3, 0.4) is 0 Å². The Kier molecular flexibility index (Phi) is 7.37. The van der Waals surface area contributed by atoms with Gasteiger partial charge in [0, 0.05) is 38.8 Å². The van der Waals surface area contributed by atoms with E-state index in [0.717, 1.165) is 37.6 Å². The van der Waals surface area contributed by atoms with Crippen molar-refractivity contribution in [3.05, 3.63) is 54.2 Å². The Balaban J connectivity index is 1.51. The summed E-state index contributed by atoms with van der Waals surface area (Å²) < 4.78 is 1.76. The maximum absolute atomic E-state index is 12.6. The topological polar surface area (TPSA) is 82.5 Å². The number of aromatic nitrogens is 2. The van der Waals surface area contributed by atoms with Gasteiger partial charge in [0.1, 0.15) is 5.82 Å². The SMILES string of the molecule is C=CCNC(=O)CN1CCN(CC(=O)Nc2cc(C)nn2-c2ccc(C)cc2)CC1. The van der Waals surface area contributed by atoms with Gasteiger partial charge >= 0.3 is 0 Å². The van der Waals surface area contributed by atoms with Crippen LogP contribution in [-0.4, -0.2) is 77.2 Å². The molecule has 8 nitrogen and oxygen atoms in total. The molecule has 2 aromatic rings. The smallest absolute Gasteiger partial charge is 0.239 e. The number of carbonyl (C=O) groups is 2. The van der Waals surface area contributed by atoms with Gasteiger partial charge in [0.25, 0.3) is 0 Å². The van der Waals surface area contributed by atoms with Crippen LogP contribution < -0.4 is 10.6 Å². The van der Waals surface area contributed by atoms with Gasteiger partial charge < -0.3 is 10.6 Å². The molecule has 2 amide bonds. The van der Waals surface area contributed by atoms with Crippen LogP contribution in [0.2, 0.25) is 0 Å². The van der Waals surface area contributed by atoms with Gasteiger partial charge in [0.05, 0.1) is 24.5 Å². The third kappa shape index (κ3) is 6.01. The fraction of sp³-hybridized carbons (Fsp3) is 0.409. The first-order valence-corrected chi connectivity index (χ1v) is 10.2. The molecule has 8 heteroatoms. The van der Waals surface area contributed by atoms with Gasteiger partial charge in [-0.05, 0) is 26.0 Å². The maximum atomic E-state index is 12.6. The lowest BCUT2D eigenvalue weighted by atomic mass is 10.2. The van der Waals surface area contributed by atoms with Gasteiger partial charge in [-0.1, -0.05) is 23.8 Å². The number of aryl methyl sites for hydroxylation is 2. The molecule has 0 aliphatic carbocycles. The molecule has 1 aliphatic heterocycles. The van der Waals surface area contributed by atoms with E-state index in [0.29, 0.717) is 25.5 Å². The zero-order chi connectivity index (χ0) is 21.5. The number of nitrogens with one attached hydrogen (secondary N) is 2. The second kappa shape index (κ2) is 10.2. The minimum atomic E-state index is -0.0690. The number of piperazine rings is 1. The minimum Gasteiger partial charge on any atom is -0.352 e. The quantitative estimate of drug-likeness (QED) is 0.642. The Morgan fingerprint density at radius 2 is 1.63 bits per heavy atom. The number of benzene rings is 1. The fourth-order valence-corrected chi connectivity index (χ4v) is 3.41. The van der Waals surface area contributed by atoms with Gasteiger partial charge in [0.2, 0.25) is 11.8 Å². The van der Waals surface area contributed by atoms with Crippen molar-refractivity contribution < 1.29 is 9.59 Å². The van der Waals surface area contributed by atoms with Gasteiger partial charge in [0.15, 0.2) is 0 Å². The molecule has 2 N–H and O–H groups in total. The van der Waals surface area contributed by atoms with E-state index in [-0.39, 0.29) is 11.8 Å². The number of rotatable bonds is 8. The normalized spacial score (nSPS) is 15.0. The van der Waals surface area contributed by atoms with Crippen LogP contribution in [-0.2, 0) is 9.59 Å². The Morgan fingerprint density at radius 3 is 2.23 bits per heavy atom. The van der Waals surface area contributed by atoms with Crippen LogP contribution in [0.15, 0.2) is 43.0 Å². The van der Waals surface area contributed by atoms with Crippen molar-refractivity contribution in [1.82, 2.24) is 24.9 Å². The molecule has 160 valence electrons. The van der Waals surface area contributed by atoms with Crippen molar-refractivity contribution in [1.29, 1.82) is 0 Å². The molecular formula is C22H30N6O2. The average Bonchev–Trinajstić information content (AvgIpc) is 3.08.